The third-order valence-electron chi connectivity index (χ3n) is 4.60. The molecule has 0 saturated carbocycles. The number of benzene rings is 1. The summed E-state index contributed by atoms with van der Waals surface area (Å²) >= 11 is 6.56. The van der Waals surface area contributed by atoms with Gasteiger partial charge in [-0.3, -0.25) is 14.5 Å². The summed E-state index contributed by atoms with van der Waals surface area (Å²) in [6.07, 6.45) is 3.80. The van der Waals surface area contributed by atoms with Crippen LogP contribution < -0.4 is 10.9 Å². The molecule has 0 bridgehead atoms. The molecule has 1 fully saturated rings. The Morgan fingerprint density at radius 3 is 2.83 bits per heavy atom. The maximum Gasteiger partial charge on any atom is 0.336 e. The Hall–Kier alpha value is -3.17. The van der Waals surface area contributed by atoms with Crippen molar-refractivity contribution in [1.82, 2.24) is 9.47 Å². The van der Waals surface area contributed by atoms with Gasteiger partial charge in [0.2, 0.25) is 5.91 Å². The molecule has 1 aliphatic heterocycles. The highest BCUT2D eigenvalue weighted by atomic mass is 32.2. The van der Waals surface area contributed by atoms with E-state index in [1.807, 2.05) is 29.9 Å². The van der Waals surface area contributed by atoms with Gasteiger partial charge in [-0.25, -0.2) is 4.79 Å². The monoisotopic (exact) mass is 439 g/mol. The first-order valence-corrected chi connectivity index (χ1v) is 10.3. The summed E-state index contributed by atoms with van der Waals surface area (Å²) in [5.74, 6) is -0.438. The van der Waals surface area contributed by atoms with Crippen molar-refractivity contribution in [3.63, 3.8) is 0 Å². The highest BCUT2D eigenvalue weighted by Crippen LogP contribution is 2.32. The van der Waals surface area contributed by atoms with Crippen LogP contribution in [0.5, 0.6) is 0 Å². The van der Waals surface area contributed by atoms with E-state index in [2.05, 4.69) is 5.32 Å². The van der Waals surface area contributed by atoms with Crippen LogP contribution in [0.25, 0.3) is 17.0 Å². The van der Waals surface area contributed by atoms with E-state index in [1.165, 1.54) is 22.7 Å². The molecule has 152 valence electrons. The van der Waals surface area contributed by atoms with Crippen LogP contribution in [0.2, 0.25) is 0 Å². The Labute approximate surface area is 181 Å². The standard InChI is InChI=1S/C21H17N3O4S2/c1-23-9-2-3-15(23)12-17-20(27)24(21(29)30-17)10-8-18(25)22-14-5-6-16-13(11-14)4-7-19(26)28-16/h2-7,9,11-12H,8,10H2,1H3,(H,22,25). The molecule has 1 aromatic carbocycles. The molecular formula is C21H17N3O4S2. The van der Waals surface area contributed by atoms with Gasteiger partial charge in [0.25, 0.3) is 5.91 Å². The number of rotatable bonds is 5. The quantitative estimate of drug-likeness (QED) is 0.373. The number of nitrogens with zero attached hydrogens (tertiary/aromatic N) is 2. The van der Waals surface area contributed by atoms with Gasteiger partial charge in [0.05, 0.1) is 4.91 Å². The molecule has 0 radical (unpaired) electrons. The number of aromatic nitrogens is 1. The minimum atomic E-state index is -0.427. The highest BCUT2D eigenvalue weighted by Gasteiger charge is 2.32. The third-order valence-corrected chi connectivity index (χ3v) is 5.98. The number of aryl methyl sites for hydroxylation is 1. The summed E-state index contributed by atoms with van der Waals surface area (Å²) in [6.45, 7) is 0.198. The van der Waals surface area contributed by atoms with Gasteiger partial charge < -0.3 is 14.3 Å². The van der Waals surface area contributed by atoms with Gasteiger partial charge in [-0.05, 0) is 42.5 Å². The summed E-state index contributed by atoms with van der Waals surface area (Å²) < 4.78 is 7.43. The fourth-order valence-electron chi connectivity index (χ4n) is 3.04. The zero-order chi connectivity index (χ0) is 21.3. The Morgan fingerprint density at radius 1 is 1.23 bits per heavy atom. The van der Waals surface area contributed by atoms with Gasteiger partial charge in [0.15, 0.2) is 0 Å². The summed E-state index contributed by atoms with van der Waals surface area (Å²) in [5, 5.41) is 3.50. The number of hydrogen-bond donors (Lipinski definition) is 1. The lowest BCUT2D eigenvalue weighted by Crippen LogP contribution is -2.31. The summed E-state index contributed by atoms with van der Waals surface area (Å²) in [7, 11) is 1.90. The summed E-state index contributed by atoms with van der Waals surface area (Å²) in [5.41, 5.74) is 1.50. The van der Waals surface area contributed by atoms with Crippen LogP contribution in [0, 0.1) is 0 Å². The Bertz CT molecular complexity index is 1260. The maximum atomic E-state index is 12.7. The molecule has 7 nitrogen and oxygen atoms in total. The van der Waals surface area contributed by atoms with Crippen molar-refractivity contribution in [3.05, 3.63) is 69.7 Å². The first-order chi connectivity index (χ1) is 14.4. The van der Waals surface area contributed by atoms with E-state index in [1.54, 1.807) is 30.3 Å². The molecular weight excluding hydrogens is 422 g/mol. The van der Waals surface area contributed by atoms with Gasteiger partial charge >= 0.3 is 5.63 Å². The van der Waals surface area contributed by atoms with Crippen molar-refractivity contribution in [1.29, 1.82) is 0 Å². The molecule has 1 saturated heterocycles. The molecule has 0 spiro atoms. The van der Waals surface area contributed by atoms with E-state index >= 15 is 0 Å². The SMILES string of the molecule is Cn1cccc1C=C1SC(=S)N(CCC(=O)Nc2ccc3oc(=O)ccc3c2)C1=O. The largest absolute Gasteiger partial charge is 0.423 e. The van der Waals surface area contributed by atoms with Crippen LogP contribution in [-0.4, -0.2) is 32.1 Å². The molecule has 3 heterocycles. The fraction of sp³-hybridized carbons (Fsp3) is 0.143. The summed E-state index contributed by atoms with van der Waals surface area (Å²) in [6, 6.07) is 11.8. The lowest BCUT2D eigenvalue weighted by molar-refractivity contribution is -0.122. The number of anilines is 1. The molecule has 3 aromatic rings. The van der Waals surface area contributed by atoms with Crippen molar-refractivity contribution < 1.29 is 14.0 Å². The smallest absolute Gasteiger partial charge is 0.336 e. The Morgan fingerprint density at radius 2 is 2.07 bits per heavy atom. The van der Waals surface area contributed by atoms with Gasteiger partial charge in [-0.1, -0.05) is 24.0 Å². The Balaban J connectivity index is 1.39. The number of hydrogen-bond acceptors (Lipinski definition) is 6. The normalized spacial score (nSPS) is 15.4. The van der Waals surface area contributed by atoms with E-state index in [9.17, 15) is 14.4 Å². The molecule has 9 heteroatoms. The molecule has 4 rings (SSSR count). The minimum absolute atomic E-state index is 0.103. The average Bonchev–Trinajstić information content (AvgIpc) is 3.23. The number of carbonyl (C=O) groups is 2. The van der Waals surface area contributed by atoms with E-state index in [0.29, 0.717) is 25.9 Å². The van der Waals surface area contributed by atoms with Crippen molar-refractivity contribution in [2.75, 3.05) is 11.9 Å². The lowest BCUT2D eigenvalue weighted by Gasteiger charge is -2.14. The molecule has 1 N–H and O–H groups in total. The van der Waals surface area contributed by atoms with Crippen LogP contribution in [0.1, 0.15) is 12.1 Å². The van der Waals surface area contributed by atoms with Crippen LogP contribution in [0.15, 0.2) is 62.8 Å². The predicted octanol–water partition coefficient (Wildman–Crippen LogP) is 3.36. The van der Waals surface area contributed by atoms with E-state index < -0.39 is 5.63 Å². The first kappa shape index (κ1) is 20.1. The van der Waals surface area contributed by atoms with Crippen molar-refractivity contribution >= 4 is 62.8 Å². The predicted molar refractivity (Wildman–Crippen MR) is 121 cm³/mol. The number of carbonyl (C=O) groups excluding carboxylic acids is 2. The highest BCUT2D eigenvalue weighted by molar-refractivity contribution is 8.26. The van der Waals surface area contributed by atoms with Crippen molar-refractivity contribution in [3.8, 4) is 0 Å². The number of nitrogens with one attached hydrogen (secondary N) is 1. The summed E-state index contributed by atoms with van der Waals surface area (Å²) in [4.78, 5) is 38.3. The molecule has 30 heavy (non-hydrogen) atoms. The van der Waals surface area contributed by atoms with Gasteiger partial charge in [0, 0.05) is 49.0 Å². The second kappa shape index (κ2) is 8.29. The Kier molecular flexibility index (Phi) is 5.56. The van der Waals surface area contributed by atoms with Crippen LogP contribution >= 0.6 is 24.0 Å². The molecule has 2 amide bonds. The molecule has 1 aliphatic rings. The third kappa shape index (κ3) is 4.22. The number of thiocarbonyl (C=S) groups is 1. The lowest BCUT2D eigenvalue weighted by atomic mass is 10.2. The van der Waals surface area contributed by atoms with E-state index in [4.69, 9.17) is 16.6 Å². The van der Waals surface area contributed by atoms with Crippen LogP contribution in [0.4, 0.5) is 5.69 Å². The number of fused-ring (bicyclic) bond motifs is 1. The fourth-order valence-corrected chi connectivity index (χ4v) is 4.33. The average molecular weight is 440 g/mol. The zero-order valence-corrected chi connectivity index (χ0v) is 17.6. The number of thioether (sulfide) groups is 1. The van der Waals surface area contributed by atoms with E-state index in [-0.39, 0.29) is 24.8 Å². The zero-order valence-electron chi connectivity index (χ0n) is 16.0. The molecule has 0 aliphatic carbocycles. The second-order valence-corrected chi connectivity index (χ2v) is 8.36. The van der Waals surface area contributed by atoms with Crippen molar-refractivity contribution in [2.24, 2.45) is 7.05 Å². The van der Waals surface area contributed by atoms with E-state index in [0.717, 1.165) is 5.69 Å². The van der Waals surface area contributed by atoms with Gasteiger partial charge in [-0.15, -0.1) is 0 Å². The first-order valence-electron chi connectivity index (χ1n) is 9.11. The molecule has 0 unspecified atom stereocenters. The van der Waals surface area contributed by atoms with Crippen molar-refractivity contribution in [2.45, 2.75) is 6.42 Å². The molecule has 2 aromatic heterocycles. The second-order valence-electron chi connectivity index (χ2n) is 6.68. The van der Waals surface area contributed by atoms with Gasteiger partial charge in [0.1, 0.15) is 9.90 Å². The number of amides is 2. The van der Waals surface area contributed by atoms with Crippen LogP contribution in [-0.2, 0) is 16.6 Å². The topological polar surface area (TPSA) is 84.6 Å². The van der Waals surface area contributed by atoms with Gasteiger partial charge in [-0.2, -0.15) is 0 Å². The minimum Gasteiger partial charge on any atom is -0.423 e. The molecule has 0 atom stereocenters. The maximum absolute atomic E-state index is 12.7. The van der Waals surface area contributed by atoms with Crippen LogP contribution in [0.3, 0.4) is 0 Å².